The zero-order chi connectivity index (χ0) is 24.5. The molecule has 0 spiro atoms. The lowest BCUT2D eigenvalue weighted by Gasteiger charge is -2.14. The first-order valence-electron chi connectivity index (χ1n) is 10.5. The molecule has 3 aromatic rings. The molecule has 7 nitrogen and oxygen atoms in total. The van der Waals surface area contributed by atoms with E-state index in [0.717, 1.165) is 18.9 Å². The molecule has 4 rings (SSSR count). The summed E-state index contributed by atoms with van der Waals surface area (Å²) in [5.74, 6) is -1.23. The van der Waals surface area contributed by atoms with Gasteiger partial charge in [0.15, 0.2) is 6.61 Å². The van der Waals surface area contributed by atoms with Gasteiger partial charge in [0, 0.05) is 17.5 Å². The Balaban J connectivity index is 1.38. The van der Waals surface area contributed by atoms with Crippen molar-refractivity contribution in [2.24, 2.45) is 0 Å². The highest BCUT2D eigenvalue weighted by Crippen LogP contribution is 2.36. The van der Waals surface area contributed by atoms with E-state index in [-0.39, 0.29) is 29.5 Å². The van der Waals surface area contributed by atoms with E-state index < -0.39 is 35.9 Å². The number of carbonyl (C=O) groups is 2. The highest BCUT2D eigenvalue weighted by molar-refractivity contribution is 6.30. The predicted octanol–water partition coefficient (Wildman–Crippen LogP) is 4.52. The third kappa shape index (κ3) is 5.39. The number of ether oxygens (including phenoxy) is 1. The lowest BCUT2D eigenvalue weighted by molar-refractivity contribution is -0.147. The number of carbonyl (C=O) groups excluding carboxylic acids is 2. The van der Waals surface area contributed by atoms with Crippen LogP contribution in [-0.2, 0) is 26.9 Å². The van der Waals surface area contributed by atoms with Gasteiger partial charge in [0.1, 0.15) is 5.82 Å². The van der Waals surface area contributed by atoms with Gasteiger partial charge in [-0.15, -0.1) is 0 Å². The molecule has 34 heavy (non-hydrogen) atoms. The molecule has 1 saturated carbocycles. The molecular formula is C23H19ClF3N3O4. The van der Waals surface area contributed by atoms with Gasteiger partial charge in [-0.25, -0.2) is 4.98 Å². The smallest absolute Gasteiger partial charge is 0.418 e. The van der Waals surface area contributed by atoms with E-state index in [9.17, 15) is 27.6 Å². The molecule has 0 radical (unpaired) electrons. The summed E-state index contributed by atoms with van der Waals surface area (Å²) in [4.78, 5) is 41.6. The fourth-order valence-electron chi connectivity index (χ4n) is 3.56. The maximum atomic E-state index is 13.1. The first-order chi connectivity index (χ1) is 16.1. The number of alkyl halides is 3. The predicted molar refractivity (Wildman–Crippen MR) is 119 cm³/mol. The quantitative estimate of drug-likeness (QED) is 0.489. The topological polar surface area (TPSA) is 90.3 Å². The molecular weight excluding hydrogens is 475 g/mol. The third-order valence-electron chi connectivity index (χ3n) is 5.27. The highest BCUT2D eigenvalue weighted by atomic mass is 35.5. The van der Waals surface area contributed by atoms with Gasteiger partial charge < -0.3 is 10.1 Å². The zero-order valence-electron chi connectivity index (χ0n) is 17.7. The van der Waals surface area contributed by atoms with Crippen molar-refractivity contribution in [3.63, 3.8) is 0 Å². The Hall–Kier alpha value is -3.40. The number of aromatic nitrogens is 2. The van der Waals surface area contributed by atoms with Crippen molar-refractivity contribution in [3.05, 3.63) is 69.2 Å². The van der Waals surface area contributed by atoms with Crippen LogP contribution in [0.2, 0.25) is 5.02 Å². The van der Waals surface area contributed by atoms with Gasteiger partial charge in [-0.05, 0) is 43.2 Å². The summed E-state index contributed by atoms with van der Waals surface area (Å²) < 4.78 is 46.0. The van der Waals surface area contributed by atoms with E-state index in [1.165, 1.54) is 6.07 Å². The summed E-state index contributed by atoms with van der Waals surface area (Å²) in [6.07, 6.45) is -3.06. The van der Waals surface area contributed by atoms with Crippen molar-refractivity contribution in [2.45, 2.75) is 37.9 Å². The van der Waals surface area contributed by atoms with E-state index in [0.29, 0.717) is 22.8 Å². The Bertz CT molecular complexity index is 1320. The van der Waals surface area contributed by atoms with Crippen LogP contribution in [0.25, 0.3) is 10.9 Å². The number of esters is 1. The zero-order valence-corrected chi connectivity index (χ0v) is 18.4. The highest BCUT2D eigenvalue weighted by Gasteiger charge is 2.34. The third-order valence-corrected chi connectivity index (χ3v) is 5.51. The second-order valence-electron chi connectivity index (χ2n) is 7.85. The SMILES string of the molecule is O=C(COC(=O)CCc1nc2ccccc2c(=O)n1C1CC1)Nc1ccc(Cl)cc1C(F)(F)F. The average molecular weight is 494 g/mol. The number of benzene rings is 2. The monoisotopic (exact) mass is 493 g/mol. The van der Waals surface area contributed by atoms with Crippen LogP contribution in [0.3, 0.4) is 0 Å². The van der Waals surface area contributed by atoms with Crippen molar-refractivity contribution < 1.29 is 27.5 Å². The number of anilines is 1. The van der Waals surface area contributed by atoms with Gasteiger partial charge in [0.2, 0.25) is 0 Å². The molecule has 1 aliphatic rings. The van der Waals surface area contributed by atoms with E-state index in [1.807, 2.05) is 0 Å². The van der Waals surface area contributed by atoms with Crippen LogP contribution in [0.5, 0.6) is 0 Å². The van der Waals surface area contributed by atoms with E-state index in [2.05, 4.69) is 10.3 Å². The first-order valence-corrected chi connectivity index (χ1v) is 10.8. The molecule has 0 bridgehead atoms. The Kier molecular flexibility index (Phi) is 6.60. The molecule has 11 heteroatoms. The number of hydrogen-bond acceptors (Lipinski definition) is 5. The number of nitrogens with one attached hydrogen (secondary N) is 1. The minimum absolute atomic E-state index is 0.0450. The van der Waals surface area contributed by atoms with Crippen LogP contribution < -0.4 is 10.9 Å². The molecule has 1 aromatic heterocycles. The number of fused-ring (bicyclic) bond motifs is 1. The molecule has 1 amide bonds. The summed E-state index contributed by atoms with van der Waals surface area (Å²) in [6, 6.07) is 9.89. The van der Waals surface area contributed by atoms with Crippen molar-refractivity contribution in [3.8, 4) is 0 Å². The van der Waals surface area contributed by atoms with Crippen molar-refractivity contribution >= 4 is 40.1 Å². The number of halogens is 4. The van der Waals surface area contributed by atoms with Gasteiger partial charge in [0.05, 0.1) is 28.6 Å². The second-order valence-corrected chi connectivity index (χ2v) is 8.28. The maximum absolute atomic E-state index is 13.1. The molecule has 0 unspecified atom stereocenters. The molecule has 0 atom stereocenters. The van der Waals surface area contributed by atoms with Crippen LogP contribution in [0.1, 0.15) is 36.7 Å². The maximum Gasteiger partial charge on any atom is 0.418 e. The lowest BCUT2D eigenvalue weighted by Crippen LogP contribution is -2.26. The Morgan fingerprint density at radius 1 is 1.18 bits per heavy atom. The first kappa shape index (κ1) is 23.7. The van der Waals surface area contributed by atoms with Gasteiger partial charge >= 0.3 is 12.1 Å². The van der Waals surface area contributed by atoms with E-state index in [1.54, 1.807) is 28.8 Å². The van der Waals surface area contributed by atoms with Gasteiger partial charge in [-0.2, -0.15) is 13.2 Å². The standard InChI is InChI=1S/C23H19ClF3N3O4/c24-13-5-8-18(16(11-13)23(25,26)27)29-20(31)12-34-21(32)10-9-19-28-17-4-2-1-3-15(17)22(33)30(19)14-6-7-14/h1-5,8,11,14H,6-7,9-10,12H2,(H,29,31). The molecule has 0 saturated heterocycles. The number of amides is 1. The van der Waals surface area contributed by atoms with Crippen LogP contribution in [-0.4, -0.2) is 28.0 Å². The Labute approximate surface area is 196 Å². The van der Waals surface area contributed by atoms with Crippen LogP contribution in [0.4, 0.5) is 18.9 Å². The summed E-state index contributed by atoms with van der Waals surface area (Å²) >= 11 is 5.62. The minimum atomic E-state index is -4.73. The molecule has 178 valence electrons. The fraction of sp³-hybridized carbons (Fsp3) is 0.304. The summed E-state index contributed by atoms with van der Waals surface area (Å²) in [5.41, 5.74) is -1.25. The average Bonchev–Trinajstić information content (AvgIpc) is 3.62. The number of para-hydroxylation sites is 1. The summed E-state index contributed by atoms with van der Waals surface area (Å²) in [7, 11) is 0. The number of nitrogens with zero attached hydrogens (tertiary/aromatic N) is 2. The van der Waals surface area contributed by atoms with Gasteiger partial charge in [0.25, 0.3) is 11.5 Å². The second kappa shape index (κ2) is 9.46. The number of hydrogen-bond donors (Lipinski definition) is 1. The van der Waals surface area contributed by atoms with Crippen molar-refractivity contribution in [1.29, 1.82) is 0 Å². The lowest BCUT2D eigenvalue weighted by atomic mass is 10.1. The molecule has 1 fully saturated rings. The van der Waals surface area contributed by atoms with E-state index in [4.69, 9.17) is 16.3 Å². The Morgan fingerprint density at radius 3 is 2.62 bits per heavy atom. The van der Waals surface area contributed by atoms with Crippen molar-refractivity contribution in [2.75, 3.05) is 11.9 Å². The van der Waals surface area contributed by atoms with Gasteiger partial charge in [-0.3, -0.25) is 19.0 Å². The largest absolute Gasteiger partial charge is 0.456 e. The van der Waals surface area contributed by atoms with Crippen LogP contribution >= 0.6 is 11.6 Å². The molecule has 1 aliphatic carbocycles. The number of aryl methyl sites for hydroxylation is 1. The van der Waals surface area contributed by atoms with Crippen molar-refractivity contribution in [1.82, 2.24) is 9.55 Å². The molecule has 2 aromatic carbocycles. The van der Waals surface area contributed by atoms with Crippen LogP contribution in [0.15, 0.2) is 47.3 Å². The van der Waals surface area contributed by atoms with E-state index >= 15 is 0 Å². The summed E-state index contributed by atoms with van der Waals surface area (Å²) in [6.45, 7) is -0.765. The number of rotatable bonds is 7. The van der Waals surface area contributed by atoms with Gasteiger partial charge in [-0.1, -0.05) is 23.7 Å². The molecule has 1 heterocycles. The Morgan fingerprint density at radius 2 is 1.91 bits per heavy atom. The fourth-order valence-corrected chi connectivity index (χ4v) is 3.73. The van der Waals surface area contributed by atoms with Crippen LogP contribution in [0, 0.1) is 0 Å². The summed E-state index contributed by atoms with van der Waals surface area (Å²) in [5, 5.41) is 2.44. The minimum Gasteiger partial charge on any atom is -0.456 e. The normalized spacial score (nSPS) is 13.6. The molecule has 1 N–H and O–H groups in total. The molecule has 0 aliphatic heterocycles.